The summed E-state index contributed by atoms with van der Waals surface area (Å²) in [4.78, 5) is 4.35. The minimum atomic E-state index is -0.185. The van der Waals surface area contributed by atoms with Gasteiger partial charge in [0.05, 0.1) is 0 Å². The normalized spacial score (nSPS) is 20.3. The number of benzene rings is 1. The second-order valence-electron chi connectivity index (χ2n) is 3.66. The van der Waals surface area contributed by atoms with Gasteiger partial charge in [-0.2, -0.15) is 0 Å². The van der Waals surface area contributed by atoms with Crippen molar-refractivity contribution in [2.75, 3.05) is 0 Å². The quantitative estimate of drug-likeness (QED) is 0.658. The average molecular weight is 177 g/mol. The van der Waals surface area contributed by atoms with E-state index in [-0.39, 0.29) is 11.9 Å². The SMILES string of the molecule is CC(C)C1=N[C@@H]1c1ccc(F)cc1. The van der Waals surface area contributed by atoms with Crippen LogP contribution in [-0.4, -0.2) is 5.71 Å². The van der Waals surface area contributed by atoms with Gasteiger partial charge in [0.1, 0.15) is 11.9 Å². The summed E-state index contributed by atoms with van der Waals surface area (Å²) in [6.07, 6.45) is 0. The molecule has 1 aliphatic rings. The maximum Gasteiger partial charge on any atom is 0.123 e. The van der Waals surface area contributed by atoms with E-state index in [1.54, 1.807) is 12.1 Å². The Kier molecular flexibility index (Phi) is 1.91. The van der Waals surface area contributed by atoms with Gasteiger partial charge in [0.25, 0.3) is 0 Å². The average Bonchev–Trinajstić information content (AvgIpc) is 2.85. The molecule has 0 saturated heterocycles. The minimum Gasteiger partial charge on any atom is -0.277 e. The third kappa shape index (κ3) is 1.62. The zero-order valence-corrected chi connectivity index (χ0v) is 7.79. The van der Waals surface area contributed by atoms with Gasteiger partial charge in [-0.15, -0.1) is 0 Å². The predicted octanol–water partition coefficient (Wildman–Crippen LogP) is 2.98. The van der Waals surface area contributed by atoms with Gasteiger partial charge in [0.2, 0.25) is 0 Å². The Morgan fingerprint density at radius 1 is 1.23 bits per heavy atom. The fourth-order valence-corrected chi connectivity index (χ4v) is 1.47. The van der Waals surface area contributed by atoms with Crippen LogP contribution < -0.4 is 0 Å². The Hall–Kier alpha value is -1.18. The number of aliphatic imine (C=N–C) groups is 1. The maximum absolute atomic E-state index is 12.6. The monoisotopic (exact) mass is 177 g/mol. The first-order valence-electron chi connectivity index (χ1n) is 4.51. The van der Waals surface area contributed by atoms with Crippen molar-refractivity contribution < 1.29 is 4.39 Å². The Morgan fingerprint density at radius 2 is 1.85 bits per heavy atom. The summed E-state index contributed by atoms with van der Waals surface area (Å²) in [6, 6.07) is 6.82. The molecule has 0 spiro atoms. The summed E-state index contributed by atoms with van der Waals surface area (Å²) in [6.45, 7) is 4.25. The first-order chi connectivity index (χ1) is 6.18. The fourth-order valence-electron chi connectivity index (χ4n) is 1.47. The van der Waals surface area contributed by atoms with Crippen molar-refractivity contribution in [2.24, 2.45) is 10.9 Å². The van der Waals surface area contributed by atoms with Crippen LogP contribution in [0.2, 0.25) is 0 Å². The molecule has 0 saturated carbocycles. The highest BCUT2D eigenvalue weighted by atomic mass is 19.1. The lowest BCUT2D eigenvalue weighted by Crippen LogP contribution is -1.98. The van der Waals surface area contributed by atoms with Crippen LogP contribution >= 0.6 is 0 Å². The minimum absolute atomic E-state index is 0.185. The van der Waals surface area contributed by atoms with Crippen LogP contribution in [0.1, 0.15) is 25.5 Å². The van der Waals surface area contributed by atoms with Crippen LogP contribution in [0.3, 0.4) is 0 Å². The summed E-state index contributed by atoms with van der Waals surface area (Å²) in [7, 11) is 0. The number of hydrogen-bond donors (Lipinski definition) is 0. The molecule has 1 heterocycles. The molecule has 1 aromatic rings. The molecular formula is C11H12FN. The van der Waals surface area contributed by atoms with Crippen LogP contribution in [0.15, 0.2) is 29.3 Å². The first-order valence-corrected chi connectivity index (χ1v) is 4.51. The summed E-state index contributed by atoms with van der Waals surface area (Å²) < 4.78 is 12.6. The van der Waals surface area contributed by atoms with E-state index < -0.39 is 0 Å². The molecule has 1 aliphatic heterocycles. The van der Waals surface area contributed by atoms with Crippen molar-refractivity contribution >= 4 is 5.71 Å². The van der Waals surface area contributed by atoms with E-state index in [0.717, 1.165) is 5.56 Å². The molecule has 0 N–H and O–H groups in total. The van der Waals surface area contributed by atoms with Crippen molar-refractivity contribution in [3.63, 3.8) is 0 Å². The van der Waals surface area contributed by atoms with E-state index in [1.807, 2.05) is 0 Å². The molecular weight excluding hydrogens is 165 g/mol. The molecule has 0 radical (unpaired) electrons. The van der Waals surface area contributed by atoms with Crippen LogP contribution in [0.25, 0.3) is 0 Å². The van der Waals surface area contributed by atoms with Crippen LogP contribution in [0, 0.1) is 11.7 Å². The van der Waals surface area contributed by atoms with Gasteiger partial charge in [-0.3, -0.25) is 4.99 Å². The molecule has 0 fully saturated rings. The van der Waals surface area contributed by atoms with Crippen molar-refractivity contribution in [2.45, 2.75) is 19.9 Å². The Balaban J connectivity index is 2.10. The fraction of sp³-hybridized carbons (Fsp3) is 0.364. The van der Waals surface area contributed by atoms with Gasteiger partial charge in [-0.25, -0.2) is 4.39 Å². The summed E-state index contributed by atoms with van der Waals surface area (Å²) >= 11 is 0. The van der Waals surface area contributed by atoms with E-state index >= 15 is 0 Å². The summed E-state index contributed by atoms with van der Waals surface area (Å²) in [5, 5.41) is 0. The van der Waals surface area contributed by atoms with Crippen LogP contribution in [0.4, 0.5) is 4.39 Å². The topological polar surface area (TPSA) is 12.4 Å². The van der Waals surface area contributed by atoms with Crippen molar-refractivity contribution in [3.05, 3.63) is 35.6 Å². The molecule has 1 atom stereocenters. The molecule has 68 valence electrons. The Morgan fingerprint density at radius 3 is 2.31 bits per heavy atom. The molecule has 1 nitrogen and oxygen atoms in total. The summed E-state index contributed by atoms with van der Waals surface area (Å²) in [5.41, 5.74) is 2.33. The van der Waals surface area contributed by atoms with Crippen LogP contribution in [-0.2, 0) is 0 Å². The van der Waals surface area contributed by atoms with Crippen molar-refractivity contribution in [3.8, 4) is 0 Å². The maximum atomic E-state index is 12.6. The Bertz CT molecular complexity index is 338. The predicted molar refractivity (Wildman–Crippen MR) is 51.4 cm³/mol. The molecule has 0 amide bonds. The molecule has 2 heteroatoms. The Labute approximate surface area is 77.3 Å². The number of rotatable bonds is 2. The van der Waals surface area contributed by atoms with Gasteiger partial charge in [0, 0.05) is 5.71 Å². The zero-order chi connectivity index (χ0) is 9.42. The standard InChI is InChI=1S/C11H12FN/c1-7(2)10-11(13-10)8-3-5-9(12)6-4-8/h3-7,11H,1-2H3/t11-/m1/s1. The molecule has 13 heavy (non-hydrogen) atoms. The van der Waals surface area contributed by atoms with Crippen molar-refractivity contribution in [1.29, 1.82) is 0 Å². The molecule has 0 unspecified atom stereocenters. The highest BCUT2D eigenvalue weighted by Crippen LogP contribution is 2.34. The van der Waals surface area contributed by atoms with Gasteiger partial charge >= 0.3 is 0 Å². The van der Waals surface area contributed by atoms with Crippen molar-refractivity contribution in [1.82, 2.24) is 0 Å². The smallest absolute Gasteiger partial charge is 0.123 e. The third-order valence-corrected chi connectivity index (χ3v) is 2.27. The number of nitrogens with zero attached hydrogens (tertiary/aromatic N) is 1. The highest BCUT2D eigenvalue weighted by Gasteiger charge is 2.30. The lowest BCUT2D eigenvalue weighted by molar-refractivity contribution is 0.627. The van der Waals surface area contributed by atoms with Gasteiger partial charge in [-0.05, 0) is 23.6 Å². The van der Waals surface area contributed by atoms with E-state index in [9.17, 15) is 4.39 Å². The number of hydrogen-bond acceptors (Lipinski definition) is 1. The second-order valence-corrected chi connectivity index (χ2v) is 3.66. The molecule has 2 rings (SSSR count). The molecule has 0 bridgehead atoms. The van der Waals surface area contributed by atoms with E-state index in [1.165, 1.54) is 17.8 Å². The molecule has 1 aromatic carbocycles. The lowest BCUT2D eigenvalue weighted by atomic mass is 10.0. The van der Waals surface area contributed by atoms with E-state index in [4.69, 9.17) is 0 Å². The highest BCUT2D eigenvalue weighted by molar-refractivity contribution is 6.02. The van der Waals surface area contributed by atoms with Gasteiger partial charge < -0.3 is 0 Å². The number of halogens is 1. The zero-order valence-electron chi connectivity index (χ0n) is 7.79. The van der Waals surface area contributed by atoms with Gasteiger partial charge in [-0.1, -0.05) is 26.0 Å². The first kappa shape index (κ1) is 8.42. The lowest BCUT2D eigenvalue weighted by Gasteiger charge is -1.99. The second kappa shape index (κ2) is 2.95. The van der Waals surface area contributed by atoms with Gasteiger partial charge in [0.15, 0.2) is 0 Å². The van der Waals surface area contributed by atoms with E-state index in [2.05, 4.69) is 18.8 Å². The third-order valence-electron chi connectivity index (χ3n) is 2.27. The van der Waals surface area contributed by atoms with E-state index in [0.29, 0.717) is 5.92 Å². The van der Waals surface area contributed by atoms with Crippen LogP contribution in [0.5, 0.6) is 0 Å². The molecule has 0 aliphatic carbocycles. The molecule has 0 aromatic heterocycles. The largest absolute Gasteiger partial charge is 0.277 e. The summed E-state index contributed by atoms with van der Waals surface area (Å²) in [5.74, 6) is 0.325.